The van der Waals surface area contributed by atoms with E-state index in [1.165, 1.54) is 25.3 Å². The Bertz CT molecular complexity index is 772. The third kappa shape index (κ3) is 5.42. The minimum atomic E-state index is -0.348. The van der Waals surface area contributed by atoms with Crippen LogP contribution in [0.3, 0.4) is 0 Å². The zero-order valence-corrected chi connectivity index (χ0v) is 14.1. The van der Waals surface area contributed by atoms with Crippen molar-refractivity contribution >= 4 is 29.1 Å². The predicted molar refractivity (Wildman–Crippen MR) is 95.6 cm³/mol. The summed E-state index contributed by atoms with van der Waals surface area (Å²) in [5.41, 5.74) is 1.75. The molecule has 25 heavy (non-hydrogen) atoms. The van der Waals surface area contributed by atoms with Gasteiger partial charge in [0.1, 0.15) is 5.69 Å². The number of nitrogens with zero attached hydrogens (tertiary/aromatic N) is 1. The summed E-state index contributed by atoms with van der Waals surface area (Å²) in [7, 11) is 0. The Morgan fingerprint density at radius 2 is 1.60 bits per heavy atom. The number of carbonyl (C=O) groups excluding carboxylic acids is 3. The van der Waals surface area contributed by atoms with Crippen LogP contribution in [0.5, 0.6) is 0 Å². The summed E-state index contributed by atoms with van der Waals surface area (Å²) in [6.07, 6.45) is 2.25. The number of carbonyl (C=O) groups is 3. The van der Waals surface area contributed by atoms with E-state index in [-0.39, 0.29) is 23.4 Å². The molecule has 1 heterocycles. The molecule has 3 N–H and O–H groups in total. The maximum atomic E-state index is 12.3. The van der Waals surface area contributed by atoms with Crippen molar-refractivity contribution < 1.29 is 14.4 Å². The van der Waals surface area contributed by atoms with Gasteiger partial charge in [0.25, 0.3) is 11.8 Å². The molecule has 2 aromatic rings. The van der Waals surface area contributed by atoms with Crippen LogP contribution in [0.2, 0.25) is 0 Å². The molecule has 0 bridgehead atoms. The molecule has 3 amide bonds. The normalized spacial score (nSPS) is 10.0. The molecule has 0 unspecified atom stereocenters. The second-order valence-corrected chi connectivity index (χ2v) is 5.40. The second kappa shape index (κ2) is 8.58. The second-order valence-electron chi connectivity index (χ2n) is 5.40. The summed E-state index contributed by atoms with van der Waals surface area (Å²) < 4.78 is 0. The van der Waals surface area contributed by atoms with E-state index in [9.17, 15) is 14.4 Å². The lowest BCUT2D eigenvalue weighted by atomic mass is 10.2. The number of hydrogen-bond acceptors (Lipinski definition) is 4. The van der Waals surface area contributed by atoms with Gasteiger partial charge in [0, 0.05) is 36.6 Å². The molecule has 0 radical (unpaired) electrons. The van der Waals surface area contributed by atoms with Crippen LogP contribution in [0.15, 0.2) is 42.6 Å². The fraction of sp³-hybridized carbons (Fsp3) is 0.222. The van der Waals surface area contributed by atoms with Gasteiger partial charge in [-0.1, -0.05) is 6.92 Å². The standard InChI is InChI=1S/C18H20N4O3/c1-3-9-20-18(25)16-11-13(8-10-19-16)17(24)22-15-6-4-14(5-7-15)21-12(2)23/h4-8,10-11H,3,9H2,1-2H3,(H,20,25)(H,21,23)(H,22,24). The number of anilines is 2. The first kappa shape index (κ1) is 18.1. The van der Waals surface area contributed by atoms with E-state index in [4.69, 9.17) is 0 Å². The van der Waals surface area contributed by atoms with E-state index < -0.39 is 0 Å². The van der Waals surface area contributed by atoms with Gasteiger partial charge < -0.3 is 16.0 Å². The molecular formula is C18H20N4O3. The molecular weight excluding hydrogens is 320 g/mol. The first-order valence-electron chi connectivity index (χ1n) is 7.93. The minimum Gasteiger partial charge on any atom is -0.351 e. The lowest BCUT2D eigenvalue weighted by Gasteiger charge is -2.08. The van der Waals surface area contributed by atoms with Crippen molar-refractivity contribution in [2.24, 2.45) is 0 Å². The fourth-order valence-corrected chi connectivity index (χ4v) is 2.07. The summed E-state index contributed by atoms with van der Waals surface area (Å²) in [6, 6.07) is 9.72. The lowest BCUT2D eigenvalue weighted by molar-refractivity contribution is -0.114. The number of rotatable bonds is 6. The number of amides is 3. The highest BCUT2D eigenvalue weighted by Gasteiger charge is 2.11. The Kier molecular flexibility index (Phi) is 6.22. The molecule has 0 aliphatic carbocycles. The molecule has 7 heteroatoms. The van der Waals surface area contributed by atoms with Crippen molar-refractivity contribution in [2.45, 2.75) is 20.3 Å². The highest BCUT2D eigenvalue weighted by atomic mass is 16.2. The first-order chi connectivity index (χ1) is 12.0. The van der Waals surface area contributed by atoms with Crippen molar-refractivity contribution in [1.82, 2.24) is 10.3 Å². The van der Waals surface area contributed by atoms with Crippen LogP contribution < -0.4 is 16.0 Å². The molecule has 0 spiro atoms. The van der Waals surface area contributed by atoms with Crippen molar-refractivity contribution in [3.8, 4) is 0 Å². The lowest BCUT2D eigenvalue weighted by Crippen LogP contribution is -2.25. The summed E-state index contributed by atoms with van der Waals surface area (Å²) in [4.78, 5) is 39.2. The van der Waals surface area contributed by atoms with Crippen molar-refractivity contribution in [3.05, 3.63) is 53.9 Å². The number of nitrogens with one attached hydrogen (secondary N) is 3. The number of aromatic nitrogens is 1. The van der Waals surface area contributed by atoms with Gasteiger partial charge >= 0.3 is 0 Å². The number of hydrogen-bond donors (Lipinski definition) is 3. The van der Waals surface area contributed by atoms with Crippen LogP contribution in [-0.4, -0.2) is 29.3 Å². The van der Waals surface area contributed by atoms with E-state index in [1.807, 2.05) is 6.92 Å². The highest BCUT2D eigenvalue weighted by molar-refractivity contribution is 6.05. The van der Waals surface area contributed by atoms with Gasteiger partial charge in [-0.05, 0) is 42.8 Å². The zero-order chi connectivity index (χ0) is 18.2. The van der Waals surface area contributed by atoms with Gasteiger partial charge in [0.2, 0.25) is 5.91 Å². The van der Waals surface area contributed by atoms with Gasteiger partial charge in [-0.25, -0.2) is 0 Å². The van der Waals surface area contributed by atoms with Crippen LogP contribution in [0.4, 0.5) is 11.4 Å². The van der Waals surface area contributed by atoms with Gasteiger partial charge in [0.05, 0.1) is 0 Å². The van der Waals surface area contributed by atoms with Crippen LogP contribution in [0, 0.1) is 0 Å². The summed E-state index contributed by atoms with van der Waals surface area (Å²) >= 11 is 0. The molecule has 1 aromatic heterocycles. The fourth-order valence-electron chi connectivity index (χ4n) is 2.07. The molecule has 0 aliphatic heterocycles. The minimum absolute atomic E-state index is 0.164. The topological polar surface area (TPSA) is 100 Å². The van der Waals surface area contributed by atoms with E-state index in [0.29, 0.717) is 23.5 Å². The van der Waals surface area contributed by atoms with E-state index >= 15 is 0 Å². The van der Waals surface area contributed by atoms with Crippen LogP contribution in [-0.2, 0) is 4.79 Å². The maximum absolute atomic E-state index is 12.3. The molecule has 0 atom stereocenters. The largest absolute Gasteiger partial charge is 0.351 e. The van der Waals surface area contributed by atoms with E-state index in [0.717, 1.165) is 6.42 Å². The highest BCUT2D eigenvalue weighted by Crippen LogP contribution is 2.15. The molecule has 0 fully saturated rings. The van der Waals surface area contributed by atoms with Gasteiger partial charge in [-0.2, -0.15) is 0 Å². The Morgan fingerprint density at radius 1 is 0.960 bits per heavy atom. The Hall–Kier alpha value is -3.22. The molecule has 0 saturated carbocycles. The summed E-state index contributed by atoms with van der Waals surface area (Å²) in [5, 5.41) is 8.10. The SMILES string of the molecule is CCCNC(=O)c1cc(C(=O)Nc2ccc(NC(C)=O)cc2)ccn1. The third-order valence-electron chi connectivity index (χ3n) is 3.25. The monoisotopic (exact) mass is 340 g/mol. The predicted octanol–water partition coefficient (Wildman–Crippen LogP) is 2.43. The van der Waals surface area contributed by atoms with Crippen LogP contribution in [0.1, 0.15) is 41.1 Å². The molecule has 0 saturated heterocycles. The van der Waals surface area contributed by atoms with Gasteiger partial charge in [-0.3, -0.25) is 19.4 Å². The van der Waals surface area contributed by atoms with Crippen LogP contribution in [0.25, 0.3) is 0 Å². The molecule has 1 aromatic carbocycles. The van der Waals surface area contributed by atoms with E-state index in [2.05, 4.69) is 20.9 Å². The molecule has 2 rings (SSSR count). The Balaban J connectivity index is 2.05. The first-order valence-corrected chi connectivity index (χ1v) is 7.93. The number of benzene rings is 1. The maximum Gasteiger partial charge on any atom is 0.269 e. The Morgan fingerprint density at radius 3 is 2.20 bits per heavy atom. The average molecular weight is 340 g/mol. The van der Waals surface area contributed by atoms with Gasteiger partial charge in [0.15, 0.2) is 0 Å². The Labute approximate surface area is 145 Å². The van der Waals surface area contributed by atoms with E-state index in [1.54, 1.807) is 24.3 Å². The molecule has 7 nitrogen and oxygen atoms in total. The average Bonchev–Trinajstić information content (AvgIpc) is 2.61. The van der Waals surface area contributed by atoms with Crippen molar-refractivity contribution in [1.29, 1.82) is 0 Å². The molecule has 130 valence electrons. The smallest absolute Gasteiger partial charge is 0.269 e. The quantitative estimate of drug-likeness (QED) is 0.752. The summed E-state index contributed by atoms with van der Waals surface area (Å²) in [6.45, 7) is 3.93. The van der Waals surface area contributed by atoms with Crippen molar-refractivity contribution in [2.75, 3.05) is 17.2 Å². The number of pyridine rings is 1. The summed E-state index contributed by atoms with van der Waals surface area (Å²) in [5.74, 6) is -0.821. The van der Waals surface area contributed by atoms with Crippen molar-refractivity contribution in [3.63, 3.8) is 0 Å². The van der Waals surface area contributed by atoms with Gasteiger partial charge in [-0.15, -0.1) is 0 Å². The third-order valence-corrected chi connectivity index (χ3v) is 3.25. The zero-order valence-electron chi connectivity index (χ0n) is 14.1. The molecule has 0 aliphatic rings. The van der Waals surface area contributed by atoms with Crippen LogP contribution >= 0.6 is 0 Å².